The van der Waals surface area contributed by atoms with Crippen LogP contribution in [0, 0.1) is 5.92 Å². The molecule has 1 aromatic heterocycles. The van der Waals surface area contributed by atoms with Gasteiger partial charge >= 0.3 is 6.18 Å². The minimum atomic E-state index is -4.52. The van der Waals surface area contributed by atoms with E-state index >= 15 is 0 Å². The average molecular weight is 331 g/mol. The molecular formula is C15H20F3N3O2. The van der Waals surface area contributed by atoms with Crippen LogP contribution < -0.4 is 10.6 Å². The highest BCUT2D eigenvalue weighted by Gasteiger charge is 2.31. The lowest BCUT2D eigenvalue weighted by Gasteiger charge is -2.20. The van der Waals surface area contributed by atoms with E-state index in [1.54, 1.807) is 24.4 Å². The number of hydrogen-bond acceptors (Lipinski definition) is 3. The molecule has 8 heteroatoms. The zero-order valence-corrected chi connectivity index (χ0v) is 13.0. The predicted molar refractivity (Wildman–Crippen MR) is 78.3 cm³/mol. The summed E-state index contributed by atoms with van der Waals surface area (Å²) < 4.78 is 36.8. The molecule has 5 nitrogen and oxygen atoms in total. The van der Waals surface area contributed by atoms with Crippen LogP contribution in [0.4, 0.5) is 13.2 Å². The van der Waals surface area contributed by atoms with Gasteiger partial charge in [0, 0.05) is 12.1 Å². The summed E-state index contributed by atoms with van der Waals surface area (Å²) in [5, 5.41) is 4.25. The van der Waals surface area contributed by atoms with E-state index in [1.165, 1.54) is 12.3 Å². The second kappa shape index (κ2) is 8.50. The largest absolute Gasteiger partial charge is 0.405 e. The summed E-state index contributed by atoms with van der Waals surface area (Å²) in [6.07, 6.45) is -1.72. The zero-order valence-electron chi connectivity index (χ0n) is 13.0. The second-order valence-electron chi connectivity index (χ2n) is 5.22. The van der Waals surface area contributed by atoms with Crippen LogP contribution in [-0.2, 0) is 9.59 Å². The standard InChI is InChI=1S/C15H20F3N3O2/c1-3-6-10(2)13(22)21-12(11-7-4-5-8-19-11)14(23)20-9-15(16,17)18/h4-5,7-8,10,12H,3,6,9H2,1-2H3,(H,20,23)(H,21,22). The van der Waals surface area contributed by atoms with Gasteiger partial charge in [-0.2, -0.15) is 13.2 Å². The van der Waals surface area contributed by atoms with Crippen molar-refractivity contribution in [1.29, 1.82) is 0 Å². The molecule has 0 aliphatic carbocycles. The van der Waals surface area contributed by atoms with E-state index in [1.807, 2.05) is 6.92 Å². The highest BCUT2D eigenvalue weighted by Crippen LogP contribution is 2.16. The van der Waals surface area contributed by atoms with Crippen molar-refractivity contribution in [3.05, 3.63) is 30.1 Å². The van der Waals surface area contributed by atoms with E-state index in [4.69, 9.17) is 0 Å². The summed E-state index contributed by atoms with van der Waals surface area (Å²) in [7, 11) is 0. The quantitative estimate of drug-likeness (QED) is 0.806. The molecule has 128 valence electrons. The van der Waals surface area contributed by atoms with Gasteiger partial charge in [-0.1, -0.05) is 26.3 Å². The van der Waals surface area contributed by atoms with Crippen molar-refractivity contribution in [2.24, 2.45) is 5.92 Å². The molecule has 2 amide bonds. The van der Waals surface area contributed by atoms with E-state index in [2.05, 4.69) is 10.3 Å². The maximum atomic E-state index is 12.3. The second-order valence-corrected chi connectivity index (χ2v) is 5.22. The Bertz CT molecular complexity index is 520. The molecule has 0 aliphatic heterocycles. The number of carbonyl (C=O) groups excluding carboxylic acids is 2. The fourth-order valence-corrected chi connectivity index (χ4v) is 1.96. The van der Waals surface area contributed by atoms with Crippen molar-refractivity contribution in [3.63, 3.8) is 0 Å². The smallest absolute Gasteiger partial charge is 0.345 e. The van der Waals surface area contributed by atoms with E-state index in [9.17, 15) is 22.8 Å². The van der Waals surface area contributed by atoms with Gasteiger partial charge in [0.05, 0.1) is 5.69 Å². The van der Waals surface area contributed by atoms with Gasteiger partial charge in [-0.15, -0.1) is 0 Å². The maximum Gasteiger partial charge on any atom is 0.405 e. The fraction of sp³-hybridized carbons (Fsp3) is 0.533. The summed E-state index contributed by atoms with van der Waals surface area (Å²) in [4.78, 5) is 28.1. The molecule has 1 rings (SSSR count). The first-order valence-electron chi connectivity index (χ1n) is 7.30. The van der Waals surface area contributed by atoms with Crippen LogP contribution in [0.3, 0.4) is 0 Å². The van der Waals surface area contributed by atoms with Crippen LogP contribution in [0.1, 0.15) is 38.4 Å². The molecule has 0 fully saturated rings. The Labute approximate surface area is 132 Å². The third-order valence-electron chi connectivity index (χ3n) is 3.16. The predicted octanol–water partition coefficient (Wildman–Crippen LogP) is 2.35. The molecule has 2 N–H and O–H groups in total. The summed E-state index contributed by atoms with van der Waals surface area (Å²) in [6, 6.07) is 3.41. The molecule has 2 unspecified atom stereocenters. The number of alkyl halides is 3. The van der Waals surface area contributed by atoms with E-state index in [0.717, 1.165) is 6.42 Å². The third kappa shape index (κ3) is 6.66. The van der Waals surface area contributed by atoms with Crippen molar-refractivity contribution in [3.8, 4) is 0 Å². The van der Waals surface area contributed by atoms with E-state index < -0.39 is 30.6 Å². The number of halogens is 3. The average Bonchev–Trinajstić information content (AvgIpc) is 2.50. The van der Waals surface area contributed by atoms with E-state index in [0.29, 0.717) is 6.42 Å². The molecule has 1 aromatic rings. The van der Waals surface area contributed by atoms with Crippen molar-refractivity contribution in [2.75, 3.05) is 6.54 Å². The first-order valence-corrected chi connectivity index (χ1v) is 7.30. The molecule has 0 aliphatic rings. The van der Waals surface area contributed by atoms with Crippen LogP contribution in [0.2, 0.25) is 0 Å². The fourth-order valence-electron chi connectivity index (χ4n) is 1.96. The van der Waals surface area contributed by atoms with Gasteiger partial charge in [-0.25, -0.2) is 0 Å². The molecule has 0 radical (unpaired) electrons. The number of amides is 2. The van der Waals surface area contributed by atoms with Crippen LogP contribution >= 0.6 is 0 Å². The monoisotopic (exact) mass is 331 g/mol. The van der Waals surface area contributed by atoms with Crippen molar-refractivity contribution in [1.82, 2.24) is 15.6 Å². The van der Waals surface area contributed by atoms with Crippen LogP contribution in [0.15, 0.2) is 24.4 Å². The van der Waals surface area contributed by atoms with Gasteiger partial charge in [0.15, 0.2) is 6.04 Å². The Morgan fingerprint density at radius 2 is 1.96 bits per heavy atom. The number of rotatable bonds is 7. The number of nitrogens with zero attached hydrogens (tertiary/aromatic N) is 1. The lowest BCUT2D eigenvalue weighted by molar-refractivity contribution is -0.141. The van der Waals surface area contributed by atoms with Crippen LogP contribution in [0.25, 0.3) is 0 Å². The number of aromatic nitrogens is 1. The minimum Gasteiger partial charge on any atom is -0.345 e. The molecular weight excluding hydrogens is 311 g/mol. The highest BCUT2D eigenvalue weighted by atomic mass is 19.4. The Morgan fingerprint density at radius 3 is 2.48 bits per heavy atom. The van der Waals surface area contributed by atoms with Crippen LogP contribution in [-0.4, -0.2) is 29.5 Å². The summed E-state index contributed by atoms with van der Waals surface area (Å²) in [5.41, 5.74) is 0.184. The van der Waals surface area contributed by atoms with Crippen molar-refractivity contribution in [2.45, 2.75) is 38.9 Å². The summed E-state index contributed by atoms with van der Waals surface area (Å²) >= 11 is 0. The lowest BCUT2D eigenvalue weighted by Crippen LogP contribution is -2.45. The zero-order chi connectivity index (χ0) is 17.5. The topological polar surface area (TPSA) is 71.1 Å². The molecule has 0 bridgehead atoms. The number of carbonyl (C=O) groups is 2. The number of hydrogen-bond donors (Lipinski definition) is 2. The molecule has 0 saturated carbocycles. The van der Waals surface area contributed by atoms with Crippen molar-refractivity contribution < 1.29 is 22.8 Å². The van der Waals surface area contributed by atoms with Gasteiger partial charge in [0.2, 0.25) is 11.8 Å². The van der Waals surface area contributed by atoms with Gasteiger partial charge in [-0.3, -0.25) is 14.6 Å². The third-order valence-corrected chi connectivity index (χ3v) is 3.16. The normalized spacial score (nSPS) is 14.0. The van der Waals surface area contributed by atoms with Crippen LogP contribution in [0.5, 0.6) is 0 Å². The van der Waals surface area contributed by atoms with Gasteiger partial charge in [0.25, 0.3) is 0 Å². The Morgan fingerprint density at radius 1 is 1.26 bits per heavy atom. The molecule has 1 heterocycles. The van der Waals surface area contributed by atoms with Gasteiger partial charge < -0.3 is 10.6 Å². The van der Waals surface area contributed by atoms with Gasteiger partial charge in [0.1, 0.15) is 6.54 Å². The Kier molecular flexibility index (Phi) is 6.99. The summed E-state index contributed by atoms with van der Waals surface area (Å²) in [6.45, 7) is 2.15. The number of pyridine rings is 1. The summed E-state index contributed by atoms with van der Waals surface area (Å²) in [5.74, 6) is -1.69. The Hall–Kier alpha value is -2.12. The molecule has 2 atom stereocenters. The lowest BCUT2D eigenvalue weighted by atomic mass is 10.0. The van der Waals surface area contributed by atoms with Gasteiger partial charge in [-0.05, 0) is 18.6 Å². The molecule has 0 spiro atoms. The Balaban J connectivity index is 2.86. The SMILES string of the molecule is CCCC(C)C(=O)NC(C(=O)NCC(F)(F)F)c1ccccn1. The van der Waals surface area contributed by atoms with E-state index in [-0.39, 0.29) is 11.6 Å². The molecule has 23 heavy (non-hydrogen) atoms. The maximum absolute atomic E-state index is 12.3. The number of nitrogens with one attached hydrogen (secondary N) is 2. The van der Waals surface area contributed by atoms with Crippen molar-refractivity contribution >= 4 is 11.8 Å². The first kappa shape index (κ1) is 18.9. The highest BCUT2D eigenvalue weighted by molar-refractivity contribution is 5.89. The minimum absolute atomic E-state index is 0.184. The first-order chi connectivity index (χ1) is 10.7. The molecule has 0 aromatic carbocycles. The molecule has 0 saturated heterocycles.